The molecule has 1 N–H and O–H groups in total. The van der Waals surface area contributed by atoms with Gasteiger partial charge in [-0.25, -0.2) is 0 Å². The van der Waals surface area contributed by atoms with Gasteiger partial charge in [0, 0.05) is 12.0 Å². The van der Waals surface area contributed by atoms with Crippen molar-refractivity contribution >= 4 is 5.78 Å². The van der Waals surface area contributed by atoms with E-state index in [9.17, 15) is 4.79 Å². The predicted octanol–water partition coefficient (Wildman–Crippen LogP) is 2.99. The van der Waals surface area contributed by atoms with Crippen LogP contribution in [0.4, 0.5) is 0 Å². The molecule has 0 amide bonds. The minimum atomic E-state index is -0.608. The average molecular weight is 227 g/mol. The maximum absolute atomic E-state index is 11.8. The highest BCUT2D eigenvalue weighted by molar-refractivity contribution is 5.87. The van der Waals surface area contributed by atoms with E-state index in [-0.39, 0.29) is 11.3 Å². The van der Waals surface area contributed by atoms with Gasteiger partial charge in [0.2, 0.25) is 0 Å². The Hall–Kier alpha value is -0.410. The van der Waals surface area contributed by atoms with Crippen molar-refractivity contribution < 1.29 is 9.63 Å². The molecular weight excluding hydrogens is 202 g/mol. The van der Waals surface area contributed by atoms with Crippen molar-refractivity contribution in [3.05, 3.63) is 0 Å². The lowest BCUT2D eigenvalue weighted by Crippen LogP contribution is -2.50. The maximum Gasteiger partial charge on any atom is 0.166 e. The zero-order chi connectivity index (χ0) is 12.2. The molecule has 0 aliphatic heterocycles. The molecule has 0 heterocycles. The molecule has 0 aromatic rings. The number of nitrogens with one attached hydrogen (secondary N) is 1. The Morgan fingerprint density at radius 1 is 1.44 bits per heavy atom. The first kappa shape index (κ1) is 13.7. The third-order valence-electron chi connectivity index (χ3n) is 3.33. The molecule has 1 unspecified atom stereocenters. The summed E-state index contributed by atoms with van der Waals surface area (Å²) in [7, 11) is 0. The van der Waals surface area contributed by atoms with Gasteiger partial charge >= 0.3 is 0 Å². The smallest absolute Gasteiger partial charge is 0.166 e. The third kappa shape index (κ3) is 3.56. The van der Waals surface area contributed by atoms with E-state index in [0.717, 1.165) is 32.1 Å². The summed E-state index contributed by atoms with van der Waals surface area (Å²) in [6, 6.07) is 0. The standard InChI is InChI=1S/C13H25NO2/c1-5-9-12(2,3)14-16-13(4)10-7-6-8-11(13)15/h14H,5-10H2,1-4H3. The van der Waals surface area contributed by atoms with Gasteiger partial charge in [0.1, 0.15) is 5.60 Å². The predicted molar refractivity (Wildman–Crippen MR) is 65.1 cm³/mol. The number of carbonyl (C=O) groups excluding carboxylic acids is 1. The van der Waals surface area contributed by atoms with Crippen LogP contribution in [0.3, 0.4) is 0 Å². The normalized spacial score (nSPS) is 27.1. The van der Waals surface area contributed by atoms with Crippen LogP contribution in [0.5, 0.6) is 0 Å². The van der Waals surface area contributed by atoms with E-state index >= 15 is 0 Å². The Labute approximate surface area is 98.9 Å². The van der Waals surface area contributed by atoms with Gasteiger partial charge in [0.05, 0.1) is 0 Å². The first-order valence-electron chi connectivity index (χ1n) is 6.38. The number of hydrogen-bond donors (Lipinski definition) is 1. The number of hydrogen-bond acceptors (Lipinski definition) is 3. The van der Waals surface area contributed by atoms with E-state index in [2.05, 4.69) is 26.3 Å². The van der Waals surface area contributed by atoms with Crippen molar-refractivity contribution in [1.29, 1.82) is 0 Å². The second-order valence-electron chi connectivity index (χ2n) is 5.70. The van der Waals surface area contributed by atoms with Crippen LogP contribution in [0.25, 0.3) is 0 Å². The van der Waals surface area contributed by atoms with Crippen molar-refractivity contribution in [3.63, 3.8) is 0 Å². The molecule has 16 heavy (non-hydrogen) atoms. The molecule has 0 aromatic heterocycles. The van der Waals surface area contributed by atoms with Crippen molar-refractivity contribution in [1.82, 2.24) is 5.48 Å². The van der Waals surface area contributed by atoms with E-state index < -0.39 is 5.60 Å². The summed E-state index contributed by atoms with van der Waals surface area (Å²) in [6.07, 6.45) is 5.73. The maximum atomic E-state index is 11.8. The average Bonchev–Trinajstić information content (AvgIpc) is 2.20. The second-order valence-corrected chi connectivity index (χ2v) is 5.70. The van der Waals surface area contributed by atoms with Crippen LogP contribution in [0.2, 0.25) is 0 Å². The van der Waals surface area contributed by atoms with Gasteiger partial charge in [-0.05, 0) is 46.5 Å². The third-order valence-corrected chi connectivity index (χ3v) is 3.33. The molecule has 1 aliphatic carbocycles. The zero-order valence-electron chi connectivity index (χ0n) is 11.1. The zero-order valence-corrected chi connectivity index (χ0v) is 11.1. The minimum absolute atomic E-state index is 0.0600. The summed E-state index contributed by atoms with van der Waals surface area (Å²) in [6.45, 7) is 8.26. The summed E-state index contributed by atoms with van der Waals surface area (Å²) in [5.41, 5.74) is 2.41. The molecule has 94 valence electrons. The molecule has 3 heteroatoms. The molecule has 0 bridgehead atoms. The van der Waals surface area contributed by atoms with Crippen LogP contribution in [-0.4, -0.2) is 16.9 Å². The van der Waals surface area contributed by atoms with Gasteiger partial charge in [-0.2, -0.15) is 5.48 Å². The Bertz CT molecular complexity index is 250. The summed E-state index contributed by atoms with van der Waals surface area (Å²) < 4.78 is 0. The fraction of sp³-hybridized carbons (Fsp3) is 0.923. The molecule has 3 nitrogen and oxygen atoms in total. The molecule has 1 saturated carbocycles. The molecule has 0 aromatic carbocycles. The number of carbonyl (C=O) groups is 1. The van der Waals surface area contributed by atoms with Crippen molar-refractivity contribution in [2.75, 3.05) is 0 Å². The Kier molecular flexibility index (Phi) is 4.51. The first-order chi connectivity index (χ1) is 7.40. The van der Waals surface area contributed by atoms with Crippen LogP contribution in [0, 0.1) is 0 Å². The quantitative estimate of drug-likeness (QED) is 0.734. The van der Waals surface area contributed by atoms with Gasteiger partial charge in [-0.3, -0.25) is 9.63 Å². The molecule has 1 aliphatic rings. The van der Waals surface area contributed by atoms with Gasteiger partial charge < -0.3 is 0 Å². The molecular formula is C13H25NO2. The highest BCUT2D eigenvalue weighted by Crippen LogP contribution is 2.28. The van der Waals surface area contributed by atoms with Crippen LogP contribution in [-0.2, 0) is 9.63 Å². The Morgan fingerprint density at radius 3 is 2.69 bits per heavy atom. The highest BCUT2D eigenvalue weighted by atomic mass is 16.7. The van der Waals surface area contributed by atoms with Gasteiger partial charge in [0.25, 0.3) is 0 Å². The summed E-state index contributed by atoms with van der Waals surface area (Å²) in [4.78, 5) is 17.5. The van der Waals surface area contributed by atoms with Crippen LogP contribution >= 0.6 is 0 Å². The van der Waals surface area contributed by atoms with E-state index in [1.165, 1.54) is 0 Å². The lowest BCUT2D eigenvalue weighted by atomic mass is 9.85. The first-order valence-corrected chi connectivity index (χ1v) is 6.38. The Morgan fingerprint density at radius 2 is 2.12 bits per heavy atom. The lowest BCUT2D eigenvalue weighted by Gasteiger charge is -2.36. The second kappa shape index (κ2) is 5.28. The summed E-state index contributed by atoms with van der Waals surface area (Å²) in [5, 5.41) is 0. The van der Waals surface area contributed by atoms with Gasteiger partial charge in [-0.15, -0.1) is 0 Å². The van der Waals surface area contributed by atoms with Crippen LogP contribution in [0.1, 0.15) is 66.2 Å². The number of hydroxylamine groups is 1. The molecule has 0 radical (unpaired) electrons. The van der Waals surface area contributed by atoms with E-state index in [1.807, 2.05) is 6.92 Å². The number of ketones is 1. The monoisotopic (exact) mass is 227 g/mol. The molecule has 1 fully saturated rings. The Balaban J connectivity index is 2.49. The van der Waals surface area contributed by atoms with Gasteiger partial charge in [0.15, 0.2) is 5.78 Å². The lowest BCUT2D eigenvalue weighted by molar-refractivity contribution is -0.167. The number of rotatable bonds is 5. The van der Waals surface area contributed by atoms with Crippen molar-refractivity contribution in [3.8, 4) is 0 Å². The molecule has 1 rings (SSSR count). The van der Waals surface area contributed by atoms with Crippen molar-refractivity contribution in [2.45, 2.75) is 77.4 Å². The summed E-state index contributed by atoms with van der Waals surface area (Å²) >= 11 is 0. The van der Waals surface area contributed by atoms with Crippen LogP contribution < -0.4 is 5.48 Å². The molecule has 0 spiro atoms. The van der Waals surface area contributed by atoms with Crippen molar-refractivity contribution in [2.24, 2.45) is 0 Å². The minimum Gasteiger partial charge on any atom is -0.296 e. The van der Waals surface area contributed by atoms with E-state index in [1.54, 1.807) is 0 Å². The number of Topliss-reactive ketones (excluding diaryl/α,β-unsaturated/α-hetero) is 1. The summed E-state index contributed by atoms with van der Waals surface area (Å²) in [5.74, 6) is 0.235. The van der Waals surface area contributed by atoms with Gasteiger partial charge in [-0.1, -0.05) is 13.3 Å². The topological polar surface area (TPSA) is 38.3 Å². The molecule has 1 atom stereocenters. The molecule has 0 saturated heterocycles. The van der Waals surface area contributed by atoms with E-state index in [4.69, 9.17) is 4.84 Å². The van der Waals surface area contributed by atoms with Crippen LogP contribution in [0.15, 0.2) is 0 Å². The highest BCUT2D eigenvalue weighted by Gasteiger charge is 2.37. The largest absolute Gasteiger partial charge is 0.296 e. The SMILES string of the molecule is CCCC(C)(C)NOC1(C)CCCCC1=O. The fourth-order valence-corrected chi connectivity index (χ4v) is 2.19. The van der Waals surface area contributed by atoms with E-state index in [0.29, 0.717) is 6.42 Å². The fourth-order valence-electron chi connectivity index (χ4n) is 2.19.